The maximum absolute atomic E-state index is 12.2. The monoisotopic (exact) mass is 336 g/mol. The molecule has 3 aromatic rings. The minimum Gasteiger partial charge on any atom is -0.325 e. The number of carbonyl (C=O) groups excluding carboxylic acids is 2. The second-order valence-electron chi connectivity index (χ2n) is 5.31. The number of rotatable bonds is 5. The van der Waals surface area contributed by atoms with Gasteiger partial charge in [0, 0.05) is 27.7 Å². The number of amides is 1. The first-order valence-corrected chi connectivity index (χ1v) is 8.49. The number of hydrogen-bond donors (Lipinski definition) is 1. The number of carbonyl (C=O) groups is 2. The number of para-hydroxylation sites is 1. The summed E-state index contributed by atoms with van der Waals surface area (Å²) in [6, 6.07) is 16.8. The first kappa shape index (κ1) is 16.2. The van der Waals surface area contributed by atoms with Gasteiger partial charge in [-0.3, -0.25) is 14.6 Å². The Bertz CT molecular complexity index is 903. The quantitative estimate of drug-likeness (QED) is 0.561. The maximum Gasteiger partial charge on any atom is 0.234 e. The molecule has 1 aromatic heterocycles. The molecule has 0 bridgehead atoms. The zero-order valence-electron chi connectivity index (χ0n) is 13.2. The summed E-state index contributed by atoms with van der Waals surface area (Å²) in [5.41, 5.74) is 2.11. The Morgan fingerprint density at radius 1 is 1.08 bits per heavy atom. The van der Waals surface area contributed by atoms with Crippen LogP contribution in [0.5, 0.6) is 0 Å². The van der Waals surface area contributed by atoms with Gasteiger partial charge in [0.2, 0.25) is 5.91 Å². The lowest BCUT2D eigenvalue weighted by molar-refractivity contribution is -0.113. The molecule has 120 valence electrons. The van der Waals surface area contributed by atoms with Gasteiger partial charge in [0.05, 0.1) is 11.3 Å². The molecule has 3 rings (SSSR count). The molecule has 5 heteroatoms. The van der Waals surface area contributed by atoms with Crippen molar-refractivity contribution in [2.75, 3.05) is 11.1 Å². The summed E-state index contributed by atoms with van der Waals surface area (Å²) in [6.07, 6.45) is 1.75. The van der Waals surface area contributed by atoms with Gasteiger partial charge in [0.1, 0.15) is 0 Å². The SMILES string of the molecule is CC(=O)c1cccc(NC(=O)CSc2cccc3cccnc23)c1. The highest BCUT2D eigenvalue weighted by molar-refractivity contribution is 8.00. The van der Waals surface area contributed by atoms with Crippen LogP contribution in [0.4, 0.5) is 5.69 Å². The molecule has 0 atom stereocenters. The standard InChI is InChI=1S/C19H16N2O2S/c1-13(22)15-6-2-8-16(11-15)21-18(23)12-24-17-9-3-5-14-7-4-10-20-19(14)17/h2-11H,12H2,1H3,(H,21,23). The summed E-state index contributed by atoms with van der Waals surface area (Å²) in [4.78, 5) is 28.9. The van der Waals surface area contributed by atoms with Gasteiger partial charge in [-0.2, -0.15) is 0 Å². The van der Waals surface area contributed by atoms with E-state index in [4.69, 9.17) is 0 Å². The molecule has 1 amide bonds. The Kier molecular flexibility index (Phi) is 4.91. The van der Waals surface area contributed by atoms with Gasteiger partial charge in [-0.1, -0.05) is 30.3 Å². The van der Waals surface area contributed by atoms with Crippen LogP contribution < -0.4 is 5.32 Å². The Morgan fingerprint density at radius 2 is 1.88 bits per heavy atom. The molecule has 0 aliphatic rings. The van der Waals surface area contributed by atoms with Crippen molar-refractivity contribution in [3.8, 4) is 0 Å². The highest BCUT2D eigenvalue weighted by atomic mass is 32.2. The topological polar surface area (TPSA) is 59.1 Å². The first-order chi connectivity index (χ1) is 11.6. The van der Waals surface area contributed by atoms with Crippen molar-refractivity contribution >= 4 is 40.0 Å². The van der Waals surface area contributed by atoms with Crippen LogP contribution in [0.2, 0.25) is 0 Å². The molecule has 24 heavy (non-hydrogen) atoms. The van der Waals surface area contributed by atoms with Gasteiger partial charge >= 0.3 is 0 Å². The predicted octanol–water partition coefficient (Wildman–Crippen LogP) is 4.17. The van der Waals surface area contributed by atoms with Crippen molar-refractivity contribution in [1.82, 2.24) is 4.98 Å². The molecule has 0 saturated heterocycles. The van der Waals surface area contributed by atoms with E-state index in [-0.39, 0.29) is 17.4 Å². The maximum atomic E-state index is 12.2. The van der Waals surface area contributed by atoms with E-state index in [9.17, 15) is 9.59 Å². The van der Waals surface area contributed by atoms with Gasteiger partial charge in [0.15, 0.2) is 5.78 Å². The number of nitrogens with one attached hydrogen (secondary N) is 1. The summed E-state index contributed by atoms with van der Waals surface area (Å²) in [7, 11) is 0. The molecule has 4 nitrogen and oxygen atoms in total. The second kappa shape index (κ2) is 7.27. The van der Waals surface area contributed by atoms with Crippen LogP contribution in [0, 0.1) is 0 Å². The third-order valence-corrected chi connectivity index (χ3v) is 4.55. The van der Waals surface area contributed by atoms with E-state index in [1.807, 2.05) is 30.3 Å². The molecule has 0 radical (unpaired) electrons. The lowest BCUT2D eigenvalue weighted by atomic mass is 10.1. The zero-order chi connectivity index (χ0) is 16.9. The van der Waals surface area contributed by atoms with Crippen molar-refractivity contribution in [2.24, 2.45) is 0 Å². The summed E-state index contributed by atoms with van der Waals surface area (Å²) >= 11 is 1.45. The molecular formula is C19H16N2O2S. The molecule has 1 heterocycles. The summed E-state index contributed by atoms with van der Waals surface area (Å²) < 4.78 is 0. The first-order valence-electron chi connectivity index (χ1n) is 7.51. The molecule has 0 aliphatic carbocycles. The fourth-order valence-electron chi connectivity index (χ4n) is 2.35. The predicted molar refractivity (Wildman–Crippen MR) is 97.5 cm³/mol. The molecule has 0 spiro atoms. The van der Waals surface area contributed by atoms with E-state index >= 15 is 0 Å². The highest BCUT2D eigenvalue weighted by Crippen LogP contribution is 2.26. The third kappa shape index (κ3) is 3.81. The third-order valence-electron chi connectivity index (χ3n) is 3.51. The number of ketones is 1. The van der Waals surface area contributed by atoms with Crippen LogP contribution in [-0.2, 0) is 4.79 Å². The normalized spacial score (nSPS) is 10.5. The molecule has 0 unspecified atom stereocenters. The van der Waals surface area contributed by atoms with Crippen LogP contribution in [0.25, 0.3) is 10.9 Å². The van der Waals surface area contributed by atoms with E-state index in [1.54, 1.807) is 30.5 Å². The molecule has 0 aliphatic heterocycles. The van der Waals surface area contributed by atoms with E-state index in [0.717, 1.165) is 15.8 Å². The van der Waals surface area contributed by atoms with Crippen LogP contribution in [0.3, 0.4) is 0 Å². The Labute approximate surface area is 144 Å². The lowest BCUT2D eigenvalue weighted by Gasteiger charge is -2.07. The molecule has 2 aromatic carbocycles. The van der Waals surface area contributed by atoms with Crippen LogP contribution in [0.15, 0.2) is 65.7 Å². The van der Waals surface area contributed by atoms with E-state index in [0.29, 0.717) is 11.3 Å². The van der Waals surface area contributed by atoms with Gasteiger partial charge in [-0.15, -0.1) is 11.8 Å². The van der Waals surface area contributed by atoms with Gasteiger partial charge in [-0.05, 0) is 31.2 Å². The highest BCUT2D eigenvalue weighted by Gasteiger charge is 2.08. The fourth-order valence-corrected chi connectivity index (χ4v) is 3.19. The van der Waals surface area contributed by atoms with Crippen molar-refractivity contribution in [1.29, 1.82) is 0 Å². The Hall–Kier alpha value is -2.66. The van der Waals surface area contributed by atoms with Crippen LogP contribution in [-0.4, -0.2) is 22.4 Å². The summed E-state index contributed by atoms with van der Waals surface area (Å²) in [5.74, 6) is 0.135. The summed E-state index contributed by atoms with van der Waals surface area (Å²) in [6.45, 7) is 1.50. The van der Waals surface area contributed by atoms with Crippen molar-refractivity contribution in [3.63, 3.8) is 0 Å². The number of pyridine rings is 1. The number of anilines is 1. The minimum absolute atomic E-state index is 0.0256. The van der Waals surface area contributed by atoms with Crippen LogP contribution >= 0.6 is 11.8 Å². The van der Waals surface area contributed by atoms with Gasteiger partial charge in [0.25, 0.3) is 0 Å². The Morgan fingerprint density at radius 3 is 2.71 bits per heavy atom. The lowest BCUT2D eigenvalue weighted by Crippen LogP contribution is -2.14. The van der Waals surface area contributed by atoms with Crippen molar-refractivity contribution in [2.45, 2.75) is 11.8 Å². The number of fused-ring (bicyclic) bond motifs is 1. The molecule has 0 saturated carbocycles. The number of aromatic nitrogens is 1. The number of hydrogen-bond acceptors (Lipinski definition) is 4. The smallest absolute Gasteiger partial charge is 0.234 e. The van der Waals surface area contributed by atoms with Crippen LogP contribution in [0.1, 0.15) is 17.3 Å². The average molecular weight is 336 g/mol. The molecule has 1 N–H and O–H groups in total. The zero-order valence-corrected chi connectivity index (χ0v) is 14.0. The average Bonchev–Trinajstić information content (AvgIpc) is 2.60. The molecular weight excluding hydrogens is 320 g/mol. The van der Waals surface area contributed by atoms with E-state index in [1.165, 1.54) is 18.7 Å². The van der Waals surface area contributed by atoms with Crippen molar-refractivity contribution < 1.29 is 9.59 Å². The number of thioether (sulfide) groups is 1. The number of benzene rings is 2. The largest absolute Gasteiger partial charge is 0.325 e. The van der Waals surface area contributed by atoms with Gasteiger partial charge in [-0.25, -0.2) is 0 Å². The fraction of sp³-hybridized carbons (Fsp3) is 0.105. The Balaban J connectivity index is 1.67. The van der Waals surface area contributed by atoms with Crippen molar-refractivity contribution in [3.05, 3.63) is 66.4 Å². The van der Waals surface area contributed by atoms with E-state index < -0.39 is 0 Å². The second-order valence-corrected chi connectivity index (χ2v) is 6.32. The van der Waals surface area contributed by atoms with Gasteiger partial charge < -0.3 is 5.32 Å². The van der Waals surface area contributed by atoms with E-state index in [2.05, 4.69) is 10.3 Å². The number of Topliss-reactive ketones (excluding diaryl/α,β-unsaturated/α-hetero) is 1. The summed E-state index contributed by atoms with van der Waals surface area (Å²) in [5, 5.41) is 3.88. The molecule has 0 fully saturated rings. The minimum atomic E-state index is -0.117. The number of nitrogens with zero attached hydrogens (tertiary/aromatic N) is 1.